The third-order valence-corrected chi connectivity index (χ3v) is 3.74. The molecule has 1 atom stereocenters. The highest BCUT2D eigenvalue weighted by molar-refractivity contribution is 5.72. The lowest BCUT2D eigenvalue weighted by atomic mass is 10.0. The van der Waals surface area contributed by atoms with Gasteiger partial charge in [-0.05, 0) is 31.1 Å². The van der Waals surface area contributed by atoms with E-state index in [-0.39, 0.29) is 11.9 Å². The summed E-state index contributed by atoms with van der Waals surface area (Å²) in [6.07, 6.45) is 6.47. The van der Waals surface area contributed by atoms with Gasteiger partial charge in [0.05, 0.1) is 13.2 Å². The minimum Gasteiger partial charge on any atom is -0.466 e. The average molecular weight is 314 g/mol. The zero-order valence-corrected chi connectivity index (χ0v) is 14.9. The number of unbranched alkanes of at least 4 members (excludes halogenated alkanes) is 1. The Bertz CT molecular complexity index is 299. The molecule has 4 nitrogen and oxygen atoms in total. The molecule has 22 heavy (non-hydrogen) atoms. The first-order valence-electron chi connectivity index (χ1n) is 8.80. The molecule has 0 rings (SSSR count). The lowest BCUT2D eigenvalue weighted by Crippen LogP contribution is -2.14. The van der Waals surface area contributed by atoms with Crippen molar-refractivity contribution in [2.24, 2.45) is 11.8 Å². The molecule has 0 saturated heterocycles. The average Bonchev–Trinajstić information content (AvgIpc) is 2.47. The van der Waals surface area contributed by atoms with E-state index < -0.39 is 0 Å². The van der Waals surface area contributed by atoms with Gasteiger partial charge in [-0.2, -0.15) is 0 Å². The van der Waals surface area contributed by atoms with Crippen LogP contribution in [0.3, 0.4) is 0 Å². The van der Waals surface area contributed by atoms with Crippen molar-refractivity contribution < 1.29 is 19.1 Å². The number of ether oxygens (including phenoxy) is 2. The normalized spacial score (nSPS) is 12.2. The van der Waals surface area contributed by atoms with Crippen LogP contribution in [-0.4, -0.2) is 25.2 Å². The van der Waals surface area contributed by atoms with E-state index in [1.165, 1.54) is 12.8 Å². The van der Waals surface area contributed by atoms with Gasteiger partial charge in [0.25, 0.3) is 0 Å². The smallest absolute Gasteiger partial charge is 0.305 e. The molecular weight excluding hydrogens is 280 g/mol. The number of carbonyl (C=O) groups excluding carboxylic acids is 2. The van der Waals surface area contributed by atoms with E-state index in [0.717, 1.165) is 19.3 Å². The van der Waals surface area contributed by atoms with Gasteiger partial charge in [0.2, 0.25) is 0 Å². The largest absolute Gasteiger partial charge is 0.466 e. The predicted octanol–water partition coefficient (Wildman–Crippen LogP) is 4.51. The fourth-order valence-electron chi connectivity index (χ4n) is 2.04. The molecule has 0 aliphatic carbocycles. The first kappa shape index (κ1) is 20.9. The van der Waals surface area contributed by atoms with E-state index in [4.69, 9.17) is 9.47 Å². The molecule has 0 fully saturated rings. The monoisotopic (exact) mass is 314 g/mol. The van der Waals surface area contributed by atoms with Gasteiger partial charge in [-0.15, -0.1) is 0 Å². The predicted molar refractivity (Wildman–Crippen MR) is 88.5 cm³/mol. The lowest BCUT2D eigenvalue weighted by molar-refractivity contribution is -0.146. The number of carbonyl (C=O) groups is 2. The van der Waals surface area contributed by atoms with Crippen LogP contribution in [0.4, 0.5) is 0 Å². The van der Waals surface area contributed by atoms with Crippen molar-refractivity contribution >= 4 is 11.9 Å². The van der Waals surface area contributed by atoms with E-state index in [9.17, 15) is 9.59 Å². The summed E-state index contributed by atoms with van der Waals surface area (Å²) < 4.78 is 10.4. The van der Waals surface area contributed by atoms with E-state index in [1.807, 2.05) is 0 Å². The molecule has 4 heteroatoms. The van der Waals surface area contributed by atoms with Crippen LogP contribution in [0.1, 0.15) is 79.1 Å². The fraction of sp³-hybridized carbons (Fsp3) is 0.889. The Labute approximate surface area is 135 Å². The van der Waals surface area contributed by atoms with Crippen LogP contribution >= 0.6 is 0 Å². The maximum absolute atomic E-state index is 11.6. The van der Waals surface area contributed by atoms with E-state index in [1.54, 1.807) is 0 Å². The molecule has 0 aliphatic heterocycles. The maximum Gasteiger partial charge on any atom is 0.305 e. The van der Waals surface area contributed by atoms with Gasteiger partial charge in [-0.3, -0.25) is 9.59 Å². The zero-order chi connectivity index (χ0) is 16.8. The summed E-state index contributed by atoms with van der Waals surface area (Å²) in [5.74, 6) is 0.569. The first-order chi connectivity index (χ1) is 10.5. The molecule has 0 saturated carbocycles. The van der Waals surface area contributed by atoms with E-state index >= 15 is 0 Å². The molecule has 0 aromatic carbocycles. The molecule has 0 bridgehead atoms. The summed E-state index contributed by atoms with van der Waals surface area (Å²) in [4.78, 5) is 23.1. The molecule has 0 aromatic heterocycles. The minimum absolute atomic E-state index is 0.204. The Morgan fingerprint density at radius 2 is 1.55 bits per heavy atom. The zero-order valence-electron chi connectivity index (χ0n) is 14.9. The van der Waals surface area contributed by atoms with Crippen molar-refractivity contribution in [3.63, 3.8) is 0 Å². The molecule has 1 unspecified atom stereocenters. The fourth-order valence-corrected chi connectivity index (χ4v) is 2.04. The maximum atomic E-state index is 11.6. The number of hydrogen-bond acceptors (Lipinski definition) is 4. The molecule has 0 radical (unpaired) electrons. The number of esters is 2. The quantitative estimate of drug-likeness (QED) is 0.469. The topological polar surface area (TPSA) is 52.6 Å². The molecule has 0 amide bonds. The van der Waals surface area contributed by atoms with Crippen LogP contribution in [0.5, 0.6) is 0 Å². The Morgan fingerprint density at radius 3 is 2.09 bits per heavy atom. The van der Waals surface area contributed by atoms with Crippen LogP contribution in [0.2, 0.25) is 0 Å². The van der Waals surface area contributed by atoms with Crippen molar-refractivity contribution in [2.75, 3.05) is 13.2 Å². The summed E-state index contributed by atoms with van der Waals surface area (Å²) >= 11 is 0. The molecule has 0 N–H and O–H groups in total. The summed E-state index contributed by atoms with van der Waals surface area (Å²) in [6, 6.07) is 0. The van der Waals surface area contributed by atoms with Gasteiger partial charge < -0.3 is 9.47 Å². The van der Waals surface area contributed by atoms with Crippen LogP contribution in [0.15, 0.2) is 0 Å². The van der Waals surface area contributed by atoms with Gasteiger partial charge in [0.1, 0.15) is 0 Å². The van der Waals surface area contributed by atoms with Crippen LogP contribution < -0.4 is 0 Å². The van der Waals surface area contributed by atoms with E-state index in [2.05, 4.69) is 27.7 Å². The lowest BCUT2D eigenvalue weighted by Gasteiger charge is -2.14. The highest BCUT2D eigenvalue weighted by Gasteiger charge is 2.11. The van der Waals surface area contributed by atoms with Crippen molar-refractivity contribution in [1.82, 2.24) is 0 Å². The minimum atomic E-state index is -0.220. The number of hydrogen-bond donors (Lipinski definition) is 0. The highest BCUT2D eigenvalue weighted by atomic mass is 16.5. The van der Waals surface area contributed by atoms with Gasteiger partial charge in [-0.25, -0.2) is 0 Å². The summed E-state index contributed by atoms with van der Waals surface area (Å²) in [5.41, 5.74) is 0. The Morgan fingerprint density at radius 1 is 0.909 bits per heavy atom. The van der Waals surface area contributed by atoms with E-state index in [0.29, 0.717) is 44.3 Å². The van der Waals surface area contributed by atoms with Crippen LogP contribution in [0.25, 0.3) is 0 Å². The summed E-state index contributed by atoms with van der Waals surface area (Å²) in [5, 5.41) is 0. The first-order valence-corrected chi connectivity index (χ1v) is 8.80. The molecule has 0 heterocycles. The van der Waals surface area contributed by atoms with Crippen molar-refractivity contribution in [3.05, 3.63) is 0 Å². The SMILES string of the molecule is CCCCC(CC)COC(=O)CCCC(=O)OCCC(C)C. The Hall–Kier alpha value is -1.06. The molecular formula is C18H34O4. The molecule has 0 aromatic rings. The summed E-state index contributed by atoms with van der Waals surface area (Å²) in [6.45, 7) is 9.45. The molecule has 0 spiro atoms. The van der Waals surface area contributed by atoms with Crippen molar-refractivity contribution in [2.45, 2.75) is 79.1 Å². The Kier molecular flexibility index (Phi) is 12.9. The Balaban J connectivity index is 3.65. The van der Waals surface area contributed by atoms with Crippen molar-refractivity contribution in [3.8, 4) is 0 Å². The van der Waals surface area contributed by atoms with Gasteiger partial charge >= 0.3 is 11.9 Å². The third-order valence-electron chi connectivity index (χ3n) is 3.74. The highest BCUT2D eigenvalue weighted by Crippen LogP contribution is 2.13. The molecule has 0 aliphatic rings. The summed E-state index contributed by atoms with van der Waals surface area (Å²) in [7, 11) is 0. The third kappa shape index (κ3) is 12.7. The van der Waals surface area contributed by atoms with Crippen LogP contribution in [0, 0.1) is 11.8 Å². The second kappa shape index (κ2) is 13.6. The molecule has 130 valence electrons. The second-order valence-corrected chi connectivity index (χ2v) is 6.36. The number of rotatable bonds is 13. The van der Waals surface area contributed by atoms with Gasteiger partial charge in [0, 0.05) is 12.8 Å². The van der Waals surface area contributed by atoms with Crippen molar-refractivity contribution in [1.29, 1.82) is 0 Å². The second-order valence-electron chi connectivity index (χ2n) is 6.36. The van der Waals surface area contributed by atoms with Crippen LogP contribution in [-0.2, 0) is 19.1 Å². The van der Waals surface area contributed by atoms with Gasteiger partial charge in [-0.1, -0.05) is 47.0 Å². The standard InChI is InChI=1S/C18H34O4/c1-5-7-9-16(6-2)14-22-18(20)11-8-10-17(19)21-13-12-15(3)4/h15-16H,5-14H2,1-4H3. The van der Waals surface area contributed by atoms with Gasteiger partial charge in [0.15, 0.2) is 0 Å².